The van der Waals surface area contributed by atoms with Crippen molar-refractivity contribution in [3.05, 3.63) is 59.4 Å². The van der Waals surface area contributed by atoms with Crippen LogP contribution in [0.15, 0.2) is 42.5 Å². The molecule has 1 amide bonds. The molecule has 0 radical (unpaired) electrons. The molecule has 0 spiro atoms. The molecule has 0 fully saturated rings. The average molecular weight is 315 g/mol. The maximum atomic E-state index is 13.2. The van der Waals surface area contributed by atoms with Crippen LogP contribution in [0.1, 0.15) is 30.1 Å². The summed E-state index contributed by atoms with van der Waals surface area (Å²) >= 11 is 0. The highest BCUT2D eigenvalue weighted by atomic mass is 19.1. The van der Waals surface area contributed by atoms with Gasteiger partial charge in [0.25, 0.3) is 0 Å². The molecule has 1 atom stereocenters. The van der Waals surface area contributed by atoms with Crippen molar-refractivity contribution >= 4 is 11.6 Å². The summed E-state index contributed by atoms with van der Waals surface area (Å²) in [5, 5.41) is 20.2. The van der Waals surface area contributed by atoms with Crippen molar-refractivity contribution in [1.82, 2.24) is 0 Å². The molecule has 2 N–H and O–H groups in total. The lowest BCUT2D eigenvalue weighted by molar-refractivity contribution is -0.120. The Labute approximate surface area is 133 Å². The summed E-state index contributed by atoms with van der Waals surface area (Å²) < 4.78 is 13.2. The van der Waals surface area contributed by atoms with Gasteiger partial charge in [-0.15, -0.1) is 0 Å². The molecule has 1 unspecified atom stereocenters. The summed E-state index contributed by atoms with van der Waals surface area (Å²) in [6, 6.07) is 10.8. The Balaban J connectivity index is 1.80. The first-order valence-corrected chi connectivity index (χ1v) is 7.61. The number of amides is 1. The first kappa shape index (κ1) is 15.5. The third-order valence-corrected chi connectivity index (χ3v) is 4.10. The Morgan fingerprint density at radius 2 is 2.04 bits per heavy atom. The van der Waals surface area contributed by atoms with Crippen molar-refractivity contribution in [2.45, 2.75) is 25.4 Å². The zero-order chi connectivity index (χ0) is 16.4. The lowest BCUT2D eigenvalue weighted by Gasteiger charge is -2.30. The van der Waals surface area contributed by atoms with Crippen LogP contribution in [0.2, 0.25) is 0 Å². The summed E-state index contributed by atoms with van der Waals surface area (Å²) in [5.41, 5.74) is 1.81. The first-order chi connectivity index (χ1) is 11.1. The summed E-state index contributed by atoms with van der Waals surface area (Å²) in [4.78, 5) is 14.1. The third kappa shape index (κ3) is 3.19. The number of aliphatic hydroxyl groups is 1. The molecule has 0 saturated carbocycles. The predicted molar refractivity (Wildman–Crippen MR) is 84.8 cm³/mol. The van der Waals surface area contributed by atoms with Gasteiger partial charge in [0.15, 0.2) is 0 Å². The molecule has 120 valence electrons. The van der Waals surface area contributed by atoms with Gasteiger partial charge in [0.05, 0.1) is 18.2 Å². The van der Waals surface area contributed by atoms with Gasteiger partial charge in [-0.25, -0.2) is 4.39 Å². The molecular weight excluding hydrogens is 297 g/mol. The molecule has 5 heteroatoms. The molecule has 2 aromatic carbocycles. The summed E-state index contributed by atoms with van der Waals surface area (Å²) in [6.07, 6.45) is 0.379. The van der Waals surface area contributed by atoms with Crippen molar-refractivity contribution < 1.29 is 19.4 Å². The lowest BCUT2D eigenvalue weighted by Crippen LogP contribution is -2.36. The van der Waals surface area contributed by atoms with Gasteiger partial charge in [-0.2, -0.15) is 0 Å². The monoisotopic (exact) mass is 315 g/mol. The number of anilines is 1. The minimum atomic E-state index is -1.07. The number of aryl methyl sites for hydroxylation is 1. The zero-order valence-corrected chi connectivity index (χ0v) is 12.6. The molecular formula is C18H18FNO3. The van der Waals surface area contributed by atoms with Crippen molar-refractivity contribution in [1.29, 1.82) is 0 Å². The molecule has 0 aliphatic carbocycles. The quantitative estimate of drug-likeness (QED) is 0.915. The Morgan fingerprint density at radius 3 is 2.83 bits per heavy atom. The van der Waals surface area contributed by atoms with Crippen LogP contribution in [0.25, 0.3) is 0 Å². The average Bonchev–Trinajstić information content (AvgIpc) is 2.54. The molecule has 0 aromatic heterocycles. The Kier molecular flexibility index (Phi) is 4.30. The molecule has 23 heavy (non-hydrogen) atoms. The van der Waals surface area contributed by atoms with E-state index in [4.69, 9.17) is 0 Å². The van der Waals surface area contributed by atoms with Crippen LogP contribution in [0.3, 0.4) is 0 Å². The van der Waals surface area contributed by atoms with Gasteiger partial charge in [0.1, 0.15) is 11.6 Å². The SMILES string of the molecule is O=C(CC(O)c1cccc(F)c1)N1CCCc2cccc(O)c21. The Hall–Kier alpha value is -2.40. The highest BCUT2D eigenvalue weighted by molar-refractivity contribution is 5.96. The summed E-state index contributed by atoms with van der Waals surface area (Å²) in [5.74, 6) is -0.671. The van der Waals surface area contributed by atoms with Crippen LogP contribution in [0.4, 0.5) is 10.1 Å². The van der Waals surface area contributed by atoms with E-state index >= 15 is 0 Å². The van der Waals surface area contributed by atoms with E-state index in [1.54, 1.807) is 18.2 Å². The summed E-state index contributed by atoms with van der Waals surface area (Å²) in [6.45, 7) is 0.499. The van der Waals surface area contributed by atoms with Crippen LogP contribution in [-0.4, -0.2) is 22.7 Å². The highest BCUT2D eigenvalue weighted by Gasteiger charge is 2.27. The second-order valence-corrected chi connectivity index (χ2v) is 5.71. The van der Waals surface area contributed by atoms with Gasteiger partial charge < -0.3 is 15.1 Å². The molecule has 2 aromatic rings. The number of phenols is 1. The van der Waals surface area contributed by atoms with Crippen molar-refractivity contribution in [2.75, 3.05) is 11.4 Å². The normalized spacial score (nSPS) is 15.1. The van der Waals surface area contributed by atoms with Crippen LogP contribution in [0, 0.1) is 5.82 Å². The van der Waals surface area contributed by atoms with Crippen molar-refractivity contribution in [3.63, 3.8) is 0 Å². The second kappa shape index (κ2) is 6.38. The molecule has 4 nitrogen and oxygen atoms in total. The van der Waals surface area contributed by atoms with E-state index in [-0.39, 0.29) is 18.1 Å². The topological polar surface area (TPSA) is 60.8 Å². The number of hydrogen-bond acceptors (Lipinski definition) is 3. The van der Waals surface area contributed by atoms with Gasteiger partial charge in [-0.05, 0) is 42.2 Å². The maximum absolute atomic E-state index is 13.2. The van der Waals surface area contributed by atoms with E-state index in [0.717, 1.165) is 18.4 Å². The van der Waals surface area contributed by atoms with Crippen LogP contribution in [0.5, 0.6) is 5.75 Å². The standard InChI is InChI=1S/C18H18FNO3/c19-14-7-1-5-13(10-14)16(22)11-17(23)20-9-3-6-12-4-2-8-15(21)18(12)20/h1-2,4-5,7-8,10,16,21-22H,3,6,9,11H2. The minimum Gasteiger partial charge on any atom is -0.506 e. The second-order valence-electron chi connectivity index (χ2n) is 5.71. The minimum absolute atomic E-state index is 0.0656. The smallest absolute Gasteiger partial charge is 0.230 e. The number of fused-ring (bicyclic) bond motifs is 1. The largest absolute Gasteiger partial charge is 0.506 e. The lowest BCUT2D eigenvalue weighted by atomic mass is 9.99. The number of hydrogen-bond donors (Lipinski definition) is 2. The van der Waals surface area contributed by atoms with Crippen molar-refractivity contribution in [2.24, 2.45) is 0 Å². The van der Waals surface area contributed by atoms with E-state index in [9.17, 15) is 19.4 Å². The molecule has 1 aliphatic rings. The highest BCUT2D eigenvalue weighted by Crippen LogP contribution is 2.36. The van der Waals surface area contributed by atoms with Gasteiger partial charge >= 0.3 is 0 Å². The number of aromatic hydroxyl groups is 1. The molecule has 3 rings (SSSR count). The molecule has 1 aliphatic heterocycles. The number of para-hydroxylation sites is 1. The fraction of sp³-hybridized carbons (Fsp3) is 0.278. The first-order valence-electron chi connectivity index (χ1n) is 7.61. The summed E-state index contributed by atoms with van der Waals surface area (Å²) in [7, 11) is 0. The van der Waals surface area contributed by atoms with Crippen LogP contribution in [-0.2, 0) is 11.2 Å². The molecule has 0 bridgehead atoms. The number of halogens is 1. The van der Waals surface area contributed by atoms with E-state index in [2.05, 4.69) is 0 Å². The Bertz CT molecular complexity index is 732. The number of carbonyl (C=O) groups is 1. The van der Waals surface area contributed by atoms with Crippen LogP contribution >= 0.6 is 0 Å². The van der Waals surface area contributed by atoms with Gasteiger partial charge in [0, 0.05) is 6.54 Å². The van der Waals surface area contributed by atoms with Gasteiger partial charge in [0.2, 0.25) is 5.91 Å². The molecule has 0 saturated heterocycles. The Morgan fingerprint density at radius 1 is 1.26 bits per heavy atom. The van der Waals surface area contributed by atoms with E-state index in [1.165, 1.54) is 23.1 Å². The van der Waals surface area contributed by atoms with E-state index in [1.807, 2.05) is 6.07 Å². The number of phenolic OH excluding ortho intramolecular Hbond substituents is 1. The van der Waals surface area contributed by atoms with Crippen molar-refractivity contribution in [3.8, 4) is 5.75 Å². The van der Waals surface area contributed by atoms with Gasteiger partial charge in [-0.3, -0.25) is 4.79 Å². The third-order valence-electron chi connectivity index (χ3n) is 4.10. The fourth-order valence-electron chi connectivity index (χ4n) is 2.99. The fourth-order valence-corrected chi connectivity index (χ4v) is 2.99. The van der Waals surface area contributed by atoms with E-state index in [0.29, 0.717) is 17.8 Å². The number of benzene rings is 2. The van der Waals surface area contributed by atoms with Crippen LogP contribution < -0.4 is 4.90 Å². The predicted octanol–water partition coefficient (Wildman–Crippen LogP) is 2.93. The van der Waals surface area contributed by atoms with E-state index < -0.39 is 11.9 Å². The number of carbonyl (C=O) groups excluding carboxylic acids is 1. The number of rotatable bonds is 3. The zero-order valence-electron chi connectivity index (χ0n) is 12.6. The van der Waals surface area contributed by atoms with Gasteiger partial charge in [-0.1, -0.05) is 24.3 Å². The number of aliphatic hydroxyl groups excluding tert-OH is 1. The maximum Gasteiger partial charge on any atom is 0.230 e. The molecule has 1 heterocycles. The number of nitrogens with zero attached hydrogens (tertiary/aromatic N) is 1.